The topological polar surface area (TPSA) is 34.1 Å². The lowest BCUT2D eigenvalue weighted by Crippen LogP contribution is -2.36. The van der Waals surface area contributed by atoms with Crippen LogP contribution < -0.4 is 0 Å². The van der Waals surface area contributed by atoms with E-state index in [-0.39, 0.29) is 23.4 Å². The molecule has 4 atom stereocenters. The van der Waals surface area contributed by atoms with E-state index in [4.69, 9.17) is 0 Å². The molecule has 3 aliphatic carbocycles. The van der Waals surface area contributed by atoms with Gasteiger partial charge >= 0.3 is 0 Å². The highest BCUT2D eigenvalue weighted by atomic mass is 16.1. The summed E-state index contributed by atoms with van der Waals surface area (Å²) in [7, 11) is 0. The van der Waals surface area contributed by atoms with Gasteiger partial charge in [0.05, 0.1) is 0 Å². The average molecular weight is 240 g/mol. The third-order valence-electron chi connectivity index (χ3n) is 5.09. The van der Waals surface area contributed by atoms with Gasteiger partial charge in [-0.1, -0.05) is 24.3 Å². The minimum atomic E-state index is -0.0276. The number of benzene rings is 1. The normalized spacial score (nSPS) is 37.3. The maximum absolute atomic E-state index is 12.6. The first kappa shape index (κ1) is 10.5. The Balaban J connectivity index is 1.80. The molecule has 0 radical (unpaired) electrons. The summed E-state index contributed by atoms with van der Waals surface area (Å²) in [6.45, 7) is 0. The number of fused-ring (bicyclic) bond motifs is 3. The Morgan fingerprint density at radius 3 is 2.17 bits per heavy atom. The van der Waals surface area contributed by atoms with Gasteiger partial charge in [0.25, 0.3) is 0 Å². The van der Waals surface area contributed by atoms with Gasteiger partial charge in [0.15, 0.2) is 11.6 Å². The lowest BCUT2D eigenvalue weighted by atomic mass is 9.71. The van der Waals surface area contributed by atoms with Crippen LogP contribution in [0.25, 0.3) is 0 Å². The molecule has 0 amide bonds. The van der Waals surface area contributed by atoms with Crippen molar-refractivity contribution in [3.05, 3.63) is 35.4 Å². The Kier molecular flexibility index (Phi) is 2.06. The SMILES string of the molecule is O=C1c2ccccc2C(=O)C2CC3CC3CCC12. The molecule has 1 aromatic rings. The van der Waals surface area contributed by atoms with E-state index < -0.39 is 0 Å². The van der Waals surface area contributed by atoms with Gasteiger partial charge in [-0.3, -0.25) is 9.59 Å². The second kappa shape index (κ2) is 3.53. The van der Waals surface area contributed by atoms with E-state index in [0.717, 1.165) is 31.1 Å². The quantitative estimate of drug-likeness (QED) is 0.698. The maximum Gasteiger partial charge on any atom is 0.167 e. The van der Waals surface area contributed by atoms with Crippen molar-refractivity contribution >= 4 is 11.6 Å². The van der Waals surface area contributed by atoms with E-state index in [9.17, 15) is 9.59 Å². The number of ketones is 2. The highest BCUT2D eigenvalue weighted by Gasteiger charge is 2.49. The van der Waals surface area contributed by atoms with E-state index in [2.05, 4.69) is 0 Å². The Bertz CT molecular complexity index is 546. The van der Waals surface area contributed by atoms with Crippen LogP contribution in [0.3, 0.4) is 0 Å². The molecule has 0 bridgehead atoms. The largest absolute Gasteiger partial charge is 0.294 e. The molecule has 2 heteroatoms. The van der Waals surface area contributed by atoms with Crippen molar-refractivity contribution in [2.75, 3.05) is 0 Å². The van der Waals surface area contributed by atoms with Gasteiger partial charge in [-0.05, 0) is 37.5 Å². The predicted octanol–water partition coefficient (Wildman–Crippen LogP) is 3.12. The molecule has 3 aliphatic rings. The molecule has 2 fully saturated rings. The van der Waals surface area contributed by atoms with Crippen molar-refractivity contribution in [3.8, 4) is 0 Å². The first-order valence-electron chi connectivity index (χ1n) is 6.93. The number of Topliss-reactive ketones (excluding diaryl/α,β-unsaturated/α-hetero) is 2. The molecular formula is C16H16O2. The van der Waals surface area contributed by atoms with Crippen molar-refractivity contribution < 1.29 is 9.59 Å². The molecule has 4 rings (SSSR count). The van der Waals surface area contributed by atoms with Crippen LogP contribution in [0.4, 0.5) is 0 Å². The van der Waals surface area contributed by atoms with Crippen LogP contribution in [0.1, 0.15) is 46.4 Å². The monoisotopic (exact) mass is 240 g/mol. The van der Waals surface area contributed by atoms with E-state index in [1.807, 2.05) is 24.3 Å². The summed E-state index contributed by atoms with van der Waals surface area (Å²) in [6.07, 6.45) is 4.30. The van der Waals surface area contributed by atoms with Crippen molar-refractivity contribution in [3.63, 3.8) is 0 Å². The zero-order chi connectivity index (χ0) is 12.3. The maximum atomic E-state index is 12.6. The summed E-state index contributed by atoms with van der Waals surface area (Å²) in [6, 6.07) is 7.36. The Morgan fingerprint density at radius 2 is 1.44 bits per heavy atom. The summed E-state index contributed by atoms with van der Waals surface area (Å²) < 4.78 is 0. The Hall–Kier alpha value is -1.44. The van der Waals surface area contributed by atoms with Crippen LogP contribution >= 0.6 is 0 Å². The van der Waals surface area contributed by atoms with Crippen molar-refractivity contribution in [1.29, 1.82) is 0 Å². The van der Waals surface area contributed by atoms with Crippen LogP contribution in [0.5, 0.6) is 0 Å². The fourth-order valence-electron chi connectivity index (χ4n) is 3.95. The third-order valence-corrected chi connectivity index (χ3v) is 5.09. The molecule has 0 heterocycles. The minimum Gasteiger partial charge on any atom is -0.294 e. The fourth-order valence-corrected chi connectivity index (χ4v) is 3.95. The summed E-state index contributed by atoms with van der Waals surface area (Å²) in [5, 5.41) is 0. The van der Waals surface area contributed by atoms with E-state index in [1.54, 1.807) is 0 Å². The summed E-state index contributed by atoms with van der Waals surface area (Å²) in [5.74, 6) is 1.92. The number of hydrogen-bond donors (Lipinski definition) is 0. The molecule has 18 heavy (non-hydrogen) atoms. The van der Waals surface area contributed by atoms with E-state index in [1.165, 1.54) is 6.42 Å². The number of hydrogen-bond acceptors (Lipinski definition) is 2. The highest BCUT2D eigenvalue weighted by Crippen LogP contribution is 2.53. The minimum absolute atomic E-state index is 0.0232. The summed E-state index contributed by atoms with van der Waals surface area (Å²) in [5.41, 5.74) is 1.34. The fraction of sp³-hybridized carbons (Fsp3) is 0.500. The first-order chi connectivity index (χ1) is 8.75. The van der Waals surface area contributed by atoms with Gasteiger partial charge in [0, 0.05) is 23.0 Å². The second-order valence-corrected chi connectivity index (χ2v) is 6.06. The zero-order valence-corrected chi connectivity index (χ0v) is 10.3. The molecule has 0 spiro atoms. The van der Waals surface area contributed by atoms with Gasteiger partial charge in [0.1, 0.15) is 0 Å². The smallest absolute Gasteiger partial charge is 0.167 e. The molecule has 0 aliphatic heterocycles. The van der Waals surface area contributed by atoms with Crippen LogP contribution in [-0.2, 0) is 0 Å². The van der Waals surface area contributed by atoms with Crippen LogP contribution in [0, 0.1) is 23.7 Å². The van der Waals surface area contributed by atoms with Crippen LogP contribution in [0.15, 0.2) is 24.3 Å². The van der Waals surface area contributed by atoms with Gasteiger partial charge in [-0.25, -0.2) is 0 Å². The van der Waals surface area contributed by atoms with Gasteiger partial charge in [0.2, 0.25) is 0 Å². The lowest BCUT2D eigenvalue weighted by Gasteiger charge is -2.29. The lowest BCUT2D eigenvalue weighted by molar-refractivity contribution is 0.0716. The summed E-state index contributed by atoms with van der Waals surface area (Å²) in [4.78, 5) is 25.1. The Labute approximate surface area is 106 Å². The molecule has 4 unspecified atom stereocenters. The summed E-state index contributed by atoms with van der Waals surface area (Å²) >= 11 is 0. The molecule has 2 saturated carbocycles. The highest BCUT2D eigenvalue weighted by molar-refractivity contribution is 6.16. The van der Waals surface area contributed by atoms with Crippen molar-refractivity contribution in [1.82, 2.24) is 0 Å². The third kappa shape index (κ3) is 1.35. The molecule has 0 aromatic heterocycles. The molecule has 2 nitrogen and oxygen atoms in total. The molecule has 1 aromatic carbocycles. The number of carbonyl (C=O) groups is 2. The van der Waals surface area contributed by atoms with Crippen molar-refractivity contribution in [2.45, 2.75) is 25.7 Å². The molecule has 0 saturated heterocycles. The predicted molar refractivity (Wildman–Crippen MR) is 67.5 cm³/mol. The number of carbonyl (C=O) groups excluding carboxylic acids is 2. The molecule has 0 N–H and O–H groups in total. The van der Waals surface area contributed by atoms with Gasteiger partial charge in [-0.2, -0.15) is 0 Å². The van der Waals surface area contributed by atoms with Gasteiger partial charge < -0.3 is 0 Å². The average Bonchev–Trinajstić information content (AvgIpc) is 3.13. The second-order valence-electron chi connectivity index (χ2n) is 6.06. The molecule has 92 valence electrons. The van der Waals surface area contributed by atoms with E-state index in [0.29, 0.717) is 11.1 Å². The first-order valence-corrected chi connectivity index (χ1v) is 6.93. The molecular weight excluding hydrogens is 224 g/mol. The van der Waals surface area contributed by atoms with Gasteiger partial charge in [-0.15, -0.1) is 0 Å². The Morgan fingerprint density at radius 1 is 0.778 bits per heavy atom. The van der Waals surface area contributed by atoms with Crippen LogP contribution in [0.2, 0.25) is 0 Å². The van der Waals surface area contributed by atoms with Crippen LogP contribution in [-0.4, -0.2) is 11.6 Å². The number of rotatable bonds is 0. The standard InChI is InChI=1S/C16H16O2/c17-15-11-3-1-2-4-12(11)16(18)14-8-10-7-9(10)5-6-13(14)15/h1-4,9-10,13-14H,5-8H2. The zero-order valence-electron chi connectivity index (χ0n) is 10.3. The van der Waals surface area contributed by atoms with Crippen molar-refractivity contribution in [2.24, 2.45) is 23.7 Å². The van der Waals surface area contributed by atoms with E-state index >= 15 is 0 Å².